The smallest absolute Gasteiger partial charge is 0.316 e. The molecule has 142 valence electrons. The SMILES string of the molecule is COc1cc(-c2nnc(SCC(=O)OC(C)(C)C)o2)cc(OC)c1OC. The van der Waals surface area contributed by atoms with Crippen LogP contribution in [-0.4, -0.2) is 48.8 Å². The minimum atomic E-state index is -0.534. The van der Waals surface area contributed by atoms with E-state index in [9.17, 15) is 4.79 Å². The number of thioether (sulfide) groups is 1. The summed E-state index contributed by atoms with van der Waals surface area (Å²) in [5, 5.41) is 8.21. The van der Waals surface area contributed by atoms with Crippen molar-refractivity contribution in [3.8, 4) is 28.7 Å². The maximum Gasteiger partial charge on any atom is 0.316 e. The third-order valence-electron chi connectivity index (χ3n) is 3.05. The molecular weight excluding hydrogens is 360 g/mol. The van der Waals surface area contributed by atoms with E-state index < -0.39 is 5.60 Å². The molecule has 8 nitrogen and oxygen atoms in total. The Kier molecular flexibility index (Phi) is 6.36. The minimum absolute atomic E-state index is 0.0775. The Hall–Kier alpha value is -2.42. The van der Waals surface area contributed by atoms with Crippen LogP contribution >= 0.6 is 11.8 Å². The van der Waals surface area contributed by atoms with Gasteiger partial charge in [0, 0.05) is 5.56 Å². The molecule has 0 aliphatic heterocycles. The molecule has 1 aromatic heterocycles. The molecule has 9 heteroatoms. The summed E-state index contributed by atoms with van der Waals surface area (Å²) in [4.78, 5) is 11.8. The standard InChI is InChI=1S/C17H22N2O6S/c1-17(2,3)25-13(20)9-26-16-19-18-15(24-16)10-7-11(21-4)14(23-6)12(8-10)22-5/h7-8H,9H2,1-6H3. The van der Waals surface area contributed by atoms with Crippen LogP contribution in [0, 0.1) is 0 Å². The van der Waals surface area contributed by atoms with E-state index >= 15 is 0 Å². The van der Waals surface area contributed by atoms with Crippen molar-refractivity contribution in [2.75, 3.05) is 27.1 Å². The average Bonchev–Trinajstić information content (AvgIpc) is 3.06. The summed E-state index contributed by atoms with van der Waals surface area (Å²) in [6, 6.07) is 3.41. The first-order chi connectivity index (χ1) is 12.3. The van der Waals surface area contributed by atoms with Crippen LogP contribution in [-0.2, 0) is 9.53 Å². The van der Waals surface area contributed by atoms with Gasteiger partial charge in [-0.3, -0.25) is 4.79 Å². The van der Waals surface area contributed by atoms with Gasteiger partial charge in [-0.1, -0.05) is 11.8 Å². The third kappa shape index (κ3) is 5.04. The van der Waals surface area contributed by atoms with Crippen molar-refractivity contribution in [3.05, 3.63) is 12.1 Å². The molecule has 2 rings (SSSR count). The van der Waals surface area contributed by atoms with E-state index in [1.165, 1.54) is 21.3 Å². The number of aromatic nitrogens is 2. The van der Waals surface area contributed by atoms with Crippen molar-refractivity contribution in [1.29, 1.82) is 0 Å². The second kappa shape index (κ2) is 8.31. The average molecular weight is 382 g/mol. The molecule has 0 saturated carbocycles. The maximum atomic E-state index is 11.8. The number of ether oxygens (including phenoxy) is 4. The van der Waals surface area contributed by atoms with E-state index in [-0.39, 0.29) is 22.8 Å². The first-order valence-electron chi connectivity index (χ1n) is 7.76. The van der Waals surface area contributed by atoms with Crippen LogP contribution in [0.5, 0.6) is 17.2 Å². The Morgan fingerprint density at radius 2 is 1.69 bits per heavy atom. The van der Waals surface area contributed by atoms with E-state index in [1.807, 2.05) is 20.8 Å². The summed E-state index contributed by atoms with van der Waals surface area (Å²) in [6.45, 7) is 5.43. The quantitative estimate of drug-likeness (QED) is 0.528. The zero-order valence-electron chi connectivity index (χ0n) is 15.6. The Balaban J connectivity index is 2.15. The van der Waals surface area contributed by atoms with E-state index in [0.717, 1.165) is 11.8 Å². The fraction of sp³-hybridized carbons (Fsp3) is 0.471. The zero-order valence-corrected chi connectivity index (χ0v) is 16.4. The van der Waals surface area contributed by atoms with Crippen molar-refractivity contribution in [3.63, 3.8) is 0 Å². The summed E-state index contributed by atoms with van der Waals surface area (Å²) in [5.41, 5.74) is 0.0736. The number of hydrogen-bond acceptors (Lipinski definition) is 9. The van der Waals surface area contributed by atoms with E-state index in [0.29, 0.717) is 22.8 Å². The maximum absolute atomic E-state index is 11.8. The van der Waals surface area contributed by atoms with Gasteiger partial charge in [-0.25, -0.2) is 0 Å². The number of nitrogens with zero attached hydrogens (tertiary/aromatic N) is 2. The molecule has 0 saturated heterocycles. The van der Waals surface area contributed by atoms with Gasteiger partial charge in [-0.15, -0.1) is 10.2 Å². The molecule has 1 heterocycles. The van der Waals surface area contributed by atoms with Gasteiger partial charge >= 0.3 is 5.97 Å². The molecule has 1 aromatic carbocycles. The van der Waals surface area contributed by atoms with E-state index in [2.05, 4.69) is 10.2 Å². The van der Waals surface area contributed by atoms with Crippen LogP contribution in [0.25, 0.3) is 11.5 Å². The van der Waals surface area contributed by atoms with Crippen LogP contribution in [0.4, 0.5) is 0 Å². The summed E-state index contributed by atoms with van der Waals surface area (Å²) in [5.74, 6) is 1.42. The lowest BCUT2D eigenvalue weighted by atomic mass is 10.2. The van der Waals surface area contributed by atoms with Crippen LogP contribution in [0.3, 0.4) is 0 Å². The molecule has 0 N–H and O–H groups in total. The molecule has 26 heavy (non-hydrogen) atoms. The van der Waals surface area contributed by atoms with Crippen molar-refractivity contribution in [1.82, 2.24) is 10.2 Å². The van der Waals surface area contributed by atoms with E-state index in [4.69, 9.17) is 23.4 Å². The number of methoxy groups -OCH3 is 3. The van der Waals surface area contributed by atoms with Crippen LogP contribution in [0.15, 0.2) is 21.8 Å². The second-order valence-corrected chi connectivity index (χ2v) is 7.09. The molecule has 0 bridgehead atoms. The lowest BCUT2D eigenvalue weighted by Gasteiger charge is -2.18. The number of hydrogen-bond donors (Lipinski definition) is 0. The molecule has 2 aromatic rings. The molecule has 0 spiro atoms. The van der Waals surface area contributed by atoms with Crippen molar-refractivity contribution in [2.45, 2.75) is 31.6 Å². The topological polar surface area (TPSA) is 92.9 Å². The fourth-order valence-electron chi connectivity index (χ4n) is 2.08. The van der Waals surface area contributed by atoms with Gasteiger partial charge in [0.1, 0.15) is 11.4 Å². The lowest BCUT2D eigenvalue weighted by Crippen LogP contribution is -2.24. The zero-order chi connectivity index (χ0) is 19.3. The molecule has 0 unspecified atom stereocenters. The Morgan fingerprint density at radius 1 is 1.08 bits per heavy atom. The minimum Gasteiger partial charge on any atom is -0.493 e. The highest BCUT2D eigenvalue weighted by Gasteiger charge is 2.20. The van der Waals surface area contributed by atoms with Gasteiger partial charge < -0.3 is 23.4 Å². The molecule has 0 aliphatic rings. The van der Waals surface area contributed by atoms with Crippen LogP contribution in [0.2, 0.25) is 0 Å². The van der Waals surface area contributed by atoms with Crippen LogP contribution < -0.4 is 14.2 Å². The molecule has 0 aliphatic carbocycles. The predicted molar refractivity (Wildman–Crippen MR) is 96.0 cm³/mol. The van der Waals surface area contributed by atoms with Crippen molar-refractivity contribution in [2.24, 2.45) is 0 Å². The lowest BCUT2D eigenvalue weighted by molar-refractivity contribution is -0.151. The van der Waals surface area contributed by atoms with Gasteiger partial charge in [0.05, 0.1) is 21.3 Å². The number of carbonyl (C=O) groups excluding carboxylic acids is 1. The first-order valence-corrected chi connectivity index (χ1v) is 8.74. The Morgan fingerprint density at radius 3 is 2.19 bits per heavy atom. The highest BCUT2D eigenvalue weighted by molar-refractivity contribution is 7.99. The molecule has 0 fully saturated rings. The van der Waals surface area contributed by atoms with Gasteiger partial charge in [0.15, 0.2) is 11.5 Å². The number of carbonyl (C=O) groups is 1. The van der Waals surface area contributed by atoms with Gasteiger partial charge in [0.25, 0.3) is 5.22 Å². The van der Waals surface area contributed by atoms with E-state index in [1.54, 1.807) is 12.1 Å². The largest absolute Gasteiger partial charge is 0.493 e. The normalized spacial score (nSPS) is 11.2. The second-order valence-electron chi connectivity index (χ2n) is 6.16. The van der Waals surface area contributed by atoms with Gasteiger partial charge in [-0.2, -0.15) is 0 Å². The highest BCUT2D eigenvalue weighted by atomic mass is 32.2. The first kappa shape index (κ1) is 19.9. The fourth-order valence-corrected chi connectivity index (χ4v) is 2.62. The Bertz CT molecular complexity index is 744. The number of benzene rings is 1. The third-order valence-corrected chi connectivity index (χ3v) is 3.84. The molecule has 0 atom stereocenters. The monoisotopic (exact) mass is 382 g/mol. The molecular formula is C17H22N2O6S. The van der Waals surface area contributed by atoms with Crippen LogP contribution in [0.1, 0.15) is 20.8 Å². The molecule has 0 amide bonds. The summed E-state index contributed by atoms with van der Waals surface area (Å²) in [7, 11) is 4.58. The number of esters is 1. The Labute approximate surface area is 156 Å². The summed E-state index contributed by atoms with van der Waals surface area (Å²) in [6.07, 6.45) is 0. The molecule has 0 radical (unpaired) electrons. The highest BCUT2D eigenvalue weighted by Crippen LogP contribution is 2.41. The predicted octanol–water partition coefficient (Wildman–Crippen LogP) is 3.20. The van der Waals surface area contributed by atoms with Gasteiger partial charge in [-0.05, 0) is 32.9 Å². The summed E-state index contributed by atoms with van der Waals surface area (Å²) >= 11 is 1.11. The summed E-state index contributed by atoms with van der Waals surface area (Å²) < 4.78 is 26.8. The van der Waals surface area contributed by atoms with Crippen molar-refractivity contribution < 1.29 is 28.2 Å². The number of rotatable bonds is 7. The van der Waals surface area contributed by atoms with Crippen molar-refractivity contribution >= 4 is 17.7 Å². The van der Waals surface area contributed by atoms with Gasteiger partial charge in [0.2, 0.25) is 11.6 Å².